The molecule has 1 aliphatic heterocycles. The summed E-state index contributed by atoms with van der Waals surface area (Å²) < 4.78 is 6.14. The molecule has 114 valence electrons. The van der Waals surface area contributed by atoms with Gasteiger partial charge in [0.05, 0.1) is 5.60 Å². The molecule has 1 unspecified atom stereocenters. The van der Waals surface area contributed by atoms with Crippen molar-refractivity contribution < 1.29 is 9.94 Å². The second-order valence-corrected chi connectivity index (χ2v) is 6.70. The number of amidine groups is 1. The van der Waals surface area contributed by atoms with Crippen molar-refractivity contribution in [2.24, 2.45) is 10.9 Å². The molecule has 1 atom stereocenters. The zero-order chi connectivity index (χ0) is 14.0. The summed E-state index contributed by atoms with van der Waals surface area (Å²) in [5.41, 5.74) is 5.81. The molecule has 3 aliphatic rings. The number of ether oxygens (including phenoxy) is 1. The lowest BCUT2D eigenvalue weighted by Crippen LogP contribution is -2.49. The van der Waals surface area contributed by atoms with E-state index in [4.69, 9.17) is 15.7 Å². The summed E-state index contributed by atoms with van der Waals surface area (Å²) in [5, 5.41) is 11.8. The molecule has 1 spiro atoms. The number of nitrogens with two attached hydrogens (primary N) is 1. The normalized spacial score (nSPS) is 30.2. The average molecular weight is 281 g/mol. The predicted octanol–water partition coefficient (Wildman–Crippen LogP) is 2.08. The Kier molecular flexibility index (Phi) is 4.17. The number of hydrogen-bond acceptors (Lipinski definition) is 4. The first-order chi connectivity index (χ1) is 9.72. The molecule has 0 aromatic carbocycles. The lowest BCUT2D eigenvalue weighted by atomic mass is 9.88. The van der Waals surface area contributed by atoms with Crippen LogP contribution in [0.1, 0.15) is 57.8 Å². The zero-order valence-electron chi connectivity index (χ0n) is 12.3. The predicted molar refractivity (Wildman–Crippen MR) is 77.9 cm³/mol. The Morgan fingerprint density at radius 3 is 2.65 bits per heavy atom. The van der Waals surface area contributed by atoms with Crippen molar-refractivity contribution in [1.82, 2.24) is 4.90 Å². The van der Waals surface area contributed by atoms with Gasteiger partial charge in [0, 0.05) is 31.7 Å². The van der Waals surface area contributed by atoms with Crippen molar-refractivity contribution in [3.8, 4) is 0 Å². The van der Waals surface area contributed by atoms with Crippen molar-refractivity contribution >= 4 is 5.84 Å². The van der Waals surface area contributed by atoms with E-state index in [1.807, 2.05) is 0 Å². The molecule has 1 heterocycles. The van der Waals surface area contributed by atoms with Crippen molar-refractivity contribution in [3.05, 3.63) is 0 Å². The van der Waals surface area contributed by atoms with Crippen LogP contribution in [0.5, 0.6) is 0 Å². The van der Waals surface area contributed by atoms with E-state index in [2.05, 4.69) is 10.1 Å². The largest absolute Gasteiger partial charge is 0.409 e. The first-order valence-corrected chi connectivity index (χ1v) is 8.08. The summed E-state index contributed by atoms with van der Waals surface area (Å²) in [6, 6.07) is 1.35. The van der Waals surface area contributed by atoms with Gasteiger partial charge in [0.2, 0.25) is 0 Å². The molecule has 5 heteroatoms. The molecule has 3 N–H and O–H groups in total. The van der Waals surface area contributed by atoms with Gasteiger partial charge in [0.25, 0.3) is 0 Å². The first kappa shape index (κ1) is 14.1. The summed E-state index contributed by atoms with van der Waals surface area (Å²) >= 11 is 0. The topological polar surface area (TPSA) is 71.1 Å². The smallest absolute Gasteiger partial charge is 0.140 e. The summed E-state index contributed by atoms with van der Waals surface area (Å²) in [6.07, 6.45) is 10.7. The van der Waals surface area contributed by atoms with E-state index < -0.39 is 0 Å². The van der Waals surface area contributed by atoms with Gasteiger partial charge in [-0.05, 0) is 38.5 Å². The fraction of sp³-hybridized carbons (Fsp3) is 0.933. The van der Waals surface area contributed by atoms with Crippen LogP contribution in [0.15, 0.2) is 5.16 Å². The van der Waals surface area contributed by atoms with Crippen molar-refractivity contribution in [2.45, 2.75) is 75.5 Å². The van der Waals surface area contributed by atoms with Gasteiger partial charge >= 0.3 is 0 Å². The summed E-state index contributed by atoms with van der Waals surface area (Å²) in [5.74, 6) is 0.346. The van der Waals surface area contributed by atoms with Crippen LogP contribution < -0.4 is 5.73 Å². The van der Waals surface area contributed by atoms with E-state index in [-0.39, 0.29) is 5.60 Å². The lowest BCUT2D eigenvalue weighted by Gasteiger charge is -2.43. The molecular formula is C15H27N3O2. The first-order valence-electron chi connectivity index (χ1n) is 8.08. The molecule has 0 aromatic heterocycles. The van der Waals surface area contributed by atoms with Crippen LogP contribution in [0, 0.1) is 0 Å². The second-order valence-electron chi connectivity index (χ2n) is 6.70. The van der Waals surface area contributed by atoms with E-state index in [0.29, 0.717) is 18.3 Å². The van der Waals surface area contributed by atoms with E-state index in [1.54, 1.807) is 0 Å². The molecule has 2 aliphatic carbocycles. The highest BCUT2D eigenvalue weighted by molar-refractivity contribution is 5.79. The van der Waals surface area contributed by atoms with E-state index >= 15 is 0 Å². The average Bonchev–Trinajstić information content (AvgIpc) is 3.21. The molecule has 3 rings (SSSR count). The number of rotatable bonds is 5. The Balaban J connectivity index is 1.61. The zero-order valence-corrected chi connectivity index (χ0v) is 12.3. The maximum absolute atomic E-state index is 8.70. The minimum absolute atomic E-state index is 0.173. The quantitative estimate of drug-likeness (QED) is 0.350. The highest BCUT2D eigenvalue weighted by Crippen LogP contribution is 2.43. The molecule has 20 heavy (non-hydrogen) atoms. The molecule has 0 amide bonds. The van der Waals surface area contributed by atoms with Crippen LogP contribution in [0.4, 0.5) is 0 Å². The number of nitrogens with zero attached hydrogens (tertiary/aromatic N) is 2. The van der Waals surface area contributed by atoms with Crippen LogP contribution >= 0.6 is 0 Å². The van der Waals surface area contributed by atoms with Gasteiger partial charge in [-0.3, -0.25) is 4.90 Å². The Morgan fingerprint density at radius 2 is 2.00 bits per heavy atom. The number of oxime groups is 1. The van der Waals surface area contributed by atoms with Crippen molar-refractivity contribution in [1.29, 1.82) is 0 Å². The van der Waals surface area contributed by atoms with Crippen LogP contribution in [0.3, 0.4) is 0 Å². The molecule has 0 radical (unpaired) electrons. The Bertz CT molecular complexity index is 362. The van der Waals surface area contributed by atoms with Crippen LogP contribution in [-0.2, 0) is 4.74 Å². The SMILES string of the molecule is NC(CCN(C1CC1)C1CCOC2(CCCC2)C1)=NO. The third-order valence-electron chi connectivity index (χ3n) is 5.22. The van der Waals surface area contributed by atoms with Gasteiger partial charge in [0.1, 0.15) is 5.84 Å². The van der Waals surface area contributed by atoms with E-state index in [1.165, 1.54) is 44.9 Å². The molecule has 0 aromatic rings. The van der Waals surface area contributed by atoms with Gasteiger partial charge in [-0.15, -0.1) is 0 Å². The molecule has 3 fully saturated rings. The minimum atomic E-state index is 0.173. The van der Waals surface area contributed by atoms with E-state index in [0.717, 1.165) is 25.6 Å². The highest BCUT2D eigenvalue weighted by Gasteiger charge is 2.44. The molecule has 2 saturated carbocycles. The van der Waals surface area contributed by atoms with Crippen molar-refractivity contribution in [2.75, 3.05) is 13.2 Å². The summed E-state index contributed by atoms with van der Waals surface area (Å²) in [7, 11) is 0. The lowest BCUT2D eigenvalue weighted by molar-refractivity contribution is -0.102. The maximum Gasteiger partial charge on any atom is 0.140 e. The van der Waals surface area contributed by atoms with Crippen LogP contribution in [0.25, 0.3) is 0 Å². The van der Waals surface area contributed by atoms with Gasteiger partial charge < -0.3 is 15.7 Å². The Morgan fingerprint density at radius 1 is 1.25 bits per heavy atom. The maximum atomic E-state index is 8.70. The Hall–Kier alpha value is -0.810. The van der Waals surface area contributed by atoms with Crippen molar-refractivity contribution in [3.63, 3.8) is 0 Å². The third-order valence-corrected chi connectivity index (χ3v) is 5.22. The standard InChI is InChI=1S/C15H27N3O2/c16-14(17-19)5-9-18(12-3-4-12)13-6-10-20-15(11-13)7-1-2-8-15/h12-13,19H,1-11H2,(H2,16,17). The summed E-state index contributed by atoms with van der Waals surface area (Å²) in [6.45, 7) is 1.82. The molecule has 5 nitrogen and oxygen atoms in total. The number of hydrogen-bond donors (Lipinski definition) is 2. The van der Waals surface area contributed by atoms with Gasteiger partial charge in [0.15, 0.2) is 0 Å². The van der Waals surface area contributed by atoms with E-state index in [9.17, 15) is 0 Å². The highest BCUT2D eigenvalue weighted by atomic mass is 16.5. The monoisotopic (exact) mass is 281 g/mol. The molecule has 0 bridgehead atoms. The Labute approximate surface area is 121 Å². The van der Waals surface area contributed by atoms with Gasteiger partial charge in [-0.2, -0.15) is 0 Å². The van der Waals surface area contributed by atoms with Gasteiger partial charge in [-0.25, -0.2) is 0 Å². The van der Waals surface area contributed by atoms with Crippen LogP contribution in [-0.4, -0.2) is 46.8 Å². The summed E-state index contributed by atoms with van der Waals surface area (Å²) in [4.78, 5) is 2.61. The van der Waals surface area contributed by atoms with Gasteiger partial charge in [-0.1, -0.05) is 18.0 Å². The fourth-order valence-corrected chi connectivity index (χ4v) is 4.02. The third kappa shape index (κ3) is 3.09. The fourth-order valence-electron chi connectivity index (χ4n) is 4.02. The molecular weight excluding hydrogens is 254 g/mol. The molecule has 1 saturated heterocycles. The van der Waals surface area contributed by atoms with Crippen LogP contribution in [0.2, 0.25) is 0 Å². The minimum Gasteiger partial charge on any atom is -0.409 e. The second kappa shape index (κ2) is 5.90.